The van der Waals surface area contributed by atoms with Crippen LogP contribution in [0.3, 0.4) is 0 Å². The lowest BCUT2D eigenvalue weighted by Crippen LogP contribution is -2.16. The van der Waals surface area contributed by atoms with Crippen LogP contribution in [0, 0.1) is 0 Å². The van der Waals surface area contributed by atoms with Crippen molar-refractivity contribution in [3.63, 3.8) is 0 Å². The molecule has 0 aromatic rings. The van der Waals surface area contributed by atoms with Crippen molar-refractivity contribution in [3.05, 3.63) is 0 Å². The van der Waals surface area contributed by atoms with Crippen molar-refractivity contribution in [2.75, 3.05) is 13.1 Å². The Kier molecular flexibility index (Phi) is 14.9. The Hall–Kier alpha value is -0.0400. The molecule has 0 aliphatic rings. The predicted molar refractivity (Wildman–Crippen MR) is 75.0 cm³/mol. The maximum atomic E-state index is 3.53. The molecule has 1 heteroatoms. The van der Waals surface area contributed by atoms with Gasteiger partial charge in [0.1, 0.15) is 0 Å². The van der Waals surface area contributed by atoms with E-state index in [9.17, 15) is 0 Å². The first-order chi connectivity index (χ1) is 7.91. The quantitative estimate of drug-likeness (QED) is 0.441. The minimum atomic E-state index is 1.23. The van der Waals surface area contributed by atoms with Crippen LogP contribution >= 0.6 is 0 Å². The molecule has 16 heavy (non-hydrogen) atoms. The van der Waals surface area contributed by atoms with Gasteiger partial charge in [-0.3, -0.25) is 0 Å². The molecule has 0 fully saturated rings. The Labute approximate surface area is 103 Å². The smallest absolute Gasteiger partial charge is 0.00489 e. The number of unbranched alkanes of at least 4 members (excludes halogenated alkanes) is 9. The third-order valence-electron chi connectivity index (χ3n) is 3.16. The van der Waals surface area contributed by atoms with Crippen molar-refractivity contribution in [1.82, 2.24) is 5.32 Å². The van der Waals surface area contributed by atoms with Crippen molar-refractivity contribution < 1.29 is 0 Å². The van der Waals surface area contributed by atoms with E-state index in [0.717, 1.165) is 0 Å². The summed E-state index contributed by atoms with van der Waals surface area (Å²) in [6.45, 7) is 7.01. The van der Waals surface area contributed by atoms with E-state index in [1.165, 1.54) is 83.7 Å². The first kappa shape index (κ1) is 16.0. The fourth-order valence-corrected chi connectivity index (χ4v) is 2.01. The molecule has 0 aliphatic carbocycles. The number of nitrogens with one attached hydrogen (secondary N) is 1. The third kappa shape index (κ3) is 14.0. The van der Waals surface area contributed by atoms with Crippen molar-refractivity contribution in [3.8, 4) is 0 Å². The molecule has 0 spiro atoms. The molecule has 0 amide bonds. The standard InChI is InChI=1S/C15H33N/c1-3-5-7-8-9-10-11-13-15-16-14-12-6-4-2/h16H,3-15H2,1-2H3. The maximum Gasteiger partial charge on any atom is -0.00489 e. The second kappa shape index (κ2) is 15.0. The molecule has 0 unspecified atom stereocenters. The number of hydrogen-bond acceptors (Lipinski definition) is 1. The van der Waals surface area contributed by atoms with E-state index in [2.05, 4.69) is 19.2 Å². The Morgan fingerprint density at radius 3 is 1.44 bits per heavy atom. The lowest BCUT2D eigenvalue weighted by atomic mass is 10.1. The Morgan fingerprint density at radius 2 is 0.875 bits per heavy atom. The van der Waals surface area contributed by atoms with Crippen LogP contribution in [0.2, 0.25) is 0 Å². The van der Waals surface area contributed by atoms with Gasteiger partial charge in [0.15, 0.2) is 0 Å². The molecule has 0 heterocycles. The van der Waals surface area contributed by atoms with Crippen LogP contribution in [-0.2, 0) is 0 Å². The molecular formula is C15H33N. The second-order valence-electron chi connectivity index (χ2n) is 4.93. The lowest BCUT2D eigenvalue weighted by Gasteiger charge is -2.04. The van der Waals surface area contributed by atoms with Gasteiger partial charge in [-0.15, -0.1) is 0 Å². The summed E-state index contributed by atoms with van der Waals surface area (Å²) >= 11 is 0. The molecule has 0 atom stereocenters. The van der Waals surface area contributed by atoms with Crippen LogP contribution in [0.4, 0.5) is 0 Å². The number of hydrogen-bond donors (Lipinski definition) is 1. The molecule has 1 nitrogen and oxygen atoms in total. The van der Waals surface area contributed by atoms with Crippen LogP contribution in [0.15, 0.2) is 0 Å². The van der Waals surface area contributed by atoms with Crippen LogP contribution in [0.25, 0.3) is 0 Å². The highest BCUT2D eigenvalue weighted by atomic mass is 14.8. The highest BCUT2D eigenvalue weighted by molar-refractivity contribution is 4.50. The van der Waals surface area contributed by atoms with E-state index in [4.69, 9.17) is 0 Å². The van der Waals surface area contributed by atoms with Gasteiger partial charge in [0, 0.05) is 0 Å². The van der Waals surface area contributed by atoms with Crippen LogP contribution in [0.1, 0.15) is 84.5 Å². The molecular weight excluding hydrogens is 194 g/mol. The fourth-order valence-electron chi connectivity index (χ4n) is 2.01. The molecule has 98 valence electrons. The molecule has 0 aromatic carbocycles. The minimum absolute atomic E-state index is 1.23. The average molecular weight is 227 g/mol. The van der Waals surface area contributed by atoms with Crippen molar-refractivity contribution in [1.29, 1.82) is 0 Å². The molecule has 0 aliphatic heterocycles. The van der Waals surface area contributed by atoms with E-state index in [1.54, 1.807) is 0 Å². The molecule has 0 saturated carbocycles. The average Bonchev–Trinajstić information content (AvgIpc) is 2.31. The van der Waals surface area contributed by atoms with Gasteiger partial charge in [-0.1, -0.05) is 71.6 Å². The SMILES string of the molecule is CCCCCCCCCCNCCCCC. The predicted octanol–water partition coefficient (Wildman–Crippen LogP) is 4.91. The lowest BCUT2D eigenvalue weighted by molar-refractivity contribution is 0.546. The van der Waals surface area contributed by atoms with Crippen LogP contribution < -0.4 is 5.32 Å². The summed E-state index contributed by atoms with van der Waals surface area (Å²) in [5.41, 5.74) is 0. The molecule has 0 radical (unpaired) electrons. The molecule has 0 bridgehead atoms. The Morgan fingerprint density at radius 1 is 0.500 bits per heavy atom. The summed E-state index contributed by atoms with van der Waals surface area (Å²) < 4.78 is 0. The summed E-state index contributed by atoms with van der Waals surface area (Å²) in [6, 6.07) is 0. The fraction of sp³-hybridized carbons (Fsp3) is 1.00. The zero-order valence-electron chi connectivity index (χ0n) is 11.7. The van der Waals surface area contributed by atoms with Gasteiger partial charge < -0.3 is 5.32 Å². The summed E-state index contributed by atoms with van der Waals surface area (Å²) in [5, 5.41) is 3.53. The van der Waals surface area contributed by atoms with Gasteiger partial charge in [0.2, 0.25) is 0 Å². The van der Waals surface area contributed by atoms with Gasteiger partial charge in [-0.2, -0.15) is 0 Å². The van der Waals surface area contributed by atoms with Gasteiger partial charge in [-0.25, -0.2) is 0 Å². The Bertz CT molecular complexity index is 98.0. The summed E-state index contributed by atoms with van der Waals surface area (Å²) in [7, 11) is 0. The van der Waals surface area contributed by atoms with E-state index in [1.807, 2.05) is 0 Å². The van der Waals surface area contributed by atoms with Gasteiger partial charge in [0.05, 0.1) is 0 Å². The van der Waals surface area contributed by atoms with E-state index in [0.29, 0.717) is 0 Å². The van der Waals surface area contributed by atoms with Gasteiger partial charge >= 0.3 is 0 Å². The summed E-state index contributed by atoms with van der Waals surface area (Å²) in [5.74, 6) is 0. The van der Waals surface area contributed by atoms with Crippen LogP contribution in [0.5, 0.6) is 0 Å². The van der Waals surface area contributed by atoms with E-state index in [-0.39, 0.29) is 0 Å². The largest absolute Gasteiger partial charge is 0.317 e. The maximum absolute atomic E-state index is 3.53. The monoisotopic (exact) mass is 227 g/mol. The topological polar surface area (TPSA) is 12.0 Å². The minimum Gasteiger partial charge on any atom is -0.317 e. The molecule has 0 saturated heterocycles. The van der Waals surface area contributed by atoms with E-state index >= 15 is 0 Å². The molecule has 0 rings (SSSR count). The number of rotatable bonds is 13. The van der Waals surface area contributed by atoms with E-state index < -0.39 is 0 Å². The summed E-state index contributed by atoms with van der Waals surface area (Å²) in [6.07, 6.45) is 15.5. The van der Waals surface area contributed by atoms with Crippen LogP contribution in [-0.4, -0.2) is 13.1 Å². The first-order valence-corrected chi connectivity index (χ1v) is 7.62. The van der Waals surface area contributed by atoms with Gasteiger partial charge in [-0.05, 0) is 25.9 Å². The van der Waals surface area contributed by atoms with Gasteiger partial charge in [0.25, 0.3) is 0 Å². The molecule has 1 N–H and O–H groups in total. The Balaban J connectivity index is 2.83. The highest BCUT2D eigenvalue weighted by Gasteiger charge is 1.91. The zero-order chi connectivity index (χ0) is 11.9. The molecule has 0 aromatic heterocycles. The normalized spacial score (nSPS) is 10.9. The van der Waals surface area contributed by atoms with Crippen molar-refractivity contribution >= 4 is 0 Å². The summed E-state index contributed by atoms with van der Waals surface area (Å²) in [4.78, 5) is 0. The third-order valence-corrected chi connectivity index (χ3v) is 3.16. The van der Waals surface area contributed by atoms with Crippen molar-refractivity contribution in [2.45, 2.75) is 84.5 Å². The zero-order valence-corrected chi connectivity index (χ0v) is 11.7. The first-order valence-electron chi connectivity index (χ1n) is 7.62. The van der Waals surface area contributed by atoms with Crippen molar-refractivity contribution in [2.24, 2.45) is 0 Å². The second-order valence-corrected chi connectivity index (χ2v) is 4.93. The highest BCUT2D eigenvalue weighted by Crippen LogP contribution is 2.07.